The molecule has 0 saturated carbocycles. The molecular weight excluding hydrogens is 478 g/mol. The van der Waals surface area contributed by atoms with Crippen molar-refractivity contribution in [3.8, 4) is 11.5 Å². The molecule has 0 aromatic heterocycles. The summed E-state index contributed by atoms with van der Waals surface area (Å²) >= 11 is 6.21. The van der Waals surface area contributed by atoms with Crippen LogP contribution in [0.1, 0.15) is 42.3 Å². The van der Waals surface area contributed by atoms with E-state index < -0.39 is 11.9 Å². The van der Waals surface area contributed by atoms with E-state index in [2.05, 4.69) is 15.8 Å². The minimum absolute atomic E-state index is 0.132. The Morgan fingerprint density at radius 2 is 1.69 bits per heavy atom. The van der Waals surface area contributed by atoms with Gasteiger partial charge < -0.3 is 14.8 Å². The molecule has 1 atom stereocenters. The third-order valence-electron chi connectivity index (χ3n) is 5.27. The Hall–Kier alpha value is -3.84. The Morgan fingerprint density at radius 3 is 2.39 bits per heavy atom. The number of rotatable bonds is 11. The lowest BCUT2D eigenvalue weighted by Crippen LogP contribution is -2.48. The molecule has 3 aromatic rings. The number of carbonyl (C=O) groups excluding carboxylic acids is 2. The molecule has 0 aliphatic heterocycles. The molecule has 0 heterocycles. The van der Waals surface area contributed by atoms with Gasteiger partial charge in [-0.05, 0) is 54.8 Å². The summed E-state index contributed by atoms with van der Waals surface area (Å²) in [7, 11) is 0. The second-order valence-corrected chi connectivity index (χ2v) is 8.72. The van der Waals surface area contributed by atoms with Crippen LogP contribution in [0.15, 0.2) is 77.9 Å². The number of amides is 2. The number of ether oxygens (including phenoxy) is 2. The molecule has 0 fully saturated rings. The van der Waals surface area contributed by atoms with Crippen molar-refractivity contribution in [1.82, 2.24) is 10.7 Å². The highest BCUT2D eigenvalue weighted by Crippen LogP contribution is 2.29. The predicted molar refractivity (Wildman–Crippen MR) is 142 cm³/mol. The SMILES string of the molecule is CCOc1cc(C=NNC(=O)C(NC(=O)c2ccccc2)C(C)C)ccc1OCc1ccccc1Cl. The van der Waals surface area contributed by atoms with Gasteiger partial charge in [-0.3, -0.25) is 9.59 Å². The molecule has 8 heteroatoms. The minimum Gasteiger partial charge on any atom is -0.490 e. The standard InChI is InChI=1S/C28H30ClN3O4/c1-4-35-25-16-20(14-15-24(25)36-18-22-12-8-9-13-23(22)29)17-30-32-28(34)26(19(2)3)31-27(33)21-10-6-5-7-11-21/h5-17,19,26H,4,18H2,1-3H3,(H,31,33)(H,32,34). The zero-order chi connectivity index (χ0) is 25.9. The van der Waals surface area contributed by atoms with E-state index in [4.69, 9.17) is 21.1 Å². The molecular formula is C28H30ClN3O4. The first-order chi connectivity index (χ1) is 17.4. The van der Waals surface area contributed by atoms with Crippen LogP contribution in [-0.2, 0) is 11.4 Å². The molecule has 0 aliphatic rings. The van der Waals surface area contributed by atoms with Crippen LogP contribution < -0.4 is 20.2 Å². The van der Waals surface area contributed by atoms with Gasteiger partial charge in [-0.2, -0.15) is 5.10 Å². The van der Waals surface area contributed by atoms with Crippen molar-refractivity contribution in [2.45, 2.75) is 33.4 Å². The van der Waals surface area contributed by atoms with Crippen molar-refractivity contribution in [2.75, 3.05) is 6.61 Å². The molecule has 188 valence electrons. The number of carbonyl (C=O) groups is 2. The molecule has 0 saturated heterocycles. The third kappa shape index (κ3) is 7.58. The molecule has 7 nitrogen and oxygen atoms in total. The van der Waals surface area contributed by atoms with Crippen molar-refractivity contribution < 1.29 is 19.1 Å². The van der Waals surface area contributed by atoms with Crippen LogP contribution in [0.2, 0.25) is 5.02 Å². The lowest BCUT2D eigenvalue weighted by atomic mass is 10.0. The number of hydrogen-bond donors (Lipinski definition) is 2. The van der Waals surface area contributed by atoms with Crippen LogP contribution in [-0.4, -0.2) is 30.7 Å². The number of benzene rings is 3. The smallest absolute Gasteiger partial charge is 0.262 e. The fourth-order valence-electron chi connectivity index (χ4n) is 3.35. The van der Waals surface area contributed by atoms with Gasteiger partial charge in [0.15, 0.2) is 11.5 Å². The summed E-state index contributed by atoms with van der Waals surface area (Å²) in [6, 6.07) is 20.9. The molecule has 3 rings (SSSR count). The predicted octanol–water partition coefficient (Wildman–Crippen LogP) is 5.22. The van der Waals surface area contributed by atoms with E-state index in [1.165, 1.54) is 6.21 Å². The quantitative estimate of drug-likeness (QED) is 0.275. The van der Waals surface area contributed by atoms with Crippen molar-refractivity contribution in [3.63, 3.8) is 0 Å². The summed E-state index contributed by atoms with van der Waals surface area (Å²) in [5.41, 5.74) is 4.58. The van der Waals surface area contributed by atoms with E-state index >= 15 is 0 Å². The van der Waals surface area contributed by atoms with Crippen LogP contribution in [0.5, 0.6) is 11.5 Å². The Labute approximate surface area is 216 Å². The first-order valence-electron chi connectivity index (χ1n) is 11.7. The molecule has 2 N–H and O–H groups in total. The van der Waals surface area contributed by atoms with Crippen molar-refractivity contribution >= 4 is 29.6 Å². The first-order valence-corrected chi connectivity index (χ1v) is 12.1. The topological polar surface area (TPSA) is 89.0 Å². The summed E-state index contributed by atoms with van der Waals surface area (Å²) in [6.07, 6.45) is 1.51. The lowest BCUT2D eigenvalue weighted by molar-refractivity contribution is -0.123. The van der Waals surface area contributed by atoms with E-state index in [-0.39, 0.29) is 11.8 Å². The van der Waals surface area contributed by atoms with Gasteiger partial charge in [0.2, 0.25) is 0 Å². The number of nitrogens with one attached hydrogen (secondary N) is 2. The van der Waals surface area contributed by atoms with Crippen molar-refractivity contribution in [1.29, 1.82) is 0 Å². The van der Waals surface area contributed by atoms with Crippen LogP contribution in [0, 0.1) is 5.92 Å². The maximum atomic E-state index is 12.7. The molecule has 2 amide bonds. The molecule has 0 radical (unpaired) electrons. The third-order valence-corrected chi connectivity index (χ3v) is 5.64. The highest BCUT2D eigenvalue weighted by Gasteiger charge is 2.24. The summed E-state index contributed by atoms with van der Waals surface area (Å²) < 4.78 is 11.6. The summed E-state index contributed by atoms with van der Waals surface area (Å²) in [6.45, 7) is 6.35. The van der Waals surface area contributed by atoms with Crippen molar-refractivity contribution in [3.05, 3.63) is 94.5 Å². The van der Waals surface area contributed by atoms with E-state index in [0.29, 0.717) is 40.9 Å². The van der Waals surface area contributed by atoms with Crippen LogP contribution in [0.4, 0.5) is 0 Å². The lowest BCUT2D eigenvalue weighted by Gasteiger charge is -2.20. The summed E-state index contributed by atoms with van der Waals surface area (Å²) in [5, 5.41) is 7.48. The van der Waals surface area contributed by atoms with Crippen molar-refractivity contribution in [2.24, 2.45) is 11.0 Å². The zero-order valence-corrected chi connectivity index (χ0v) is 21.3. The van der Waals surface area contributed by atoms with Crippen LogP contribution in [0.3, 0.4) is 0 Å². The Bertz CT molecular complexity index is 1200. The molecule has 0 spiro atoms. The number of halogens is 1. The number of nitrogens with zero attached hydrogens (tertiary/aromatic N) is 1. The van der Waals surface area contributed by atoms with E-state index in [9.17, 15) is 9.59 Å². The average molecular weight is 508 g/mol. The fourth-order valence-corrected chi connectivity index (χ4v) is 3.54. The van der Waals surface area contributed by atoms with E-state index in [1.54, 1.807) is 42.5 Å². The van der Waals surface area contributed by atoms with Gasteiger partial charge in [-0.1, -0.05) is 61.8 Å². The van der Waals surface area contributed by atoms with Gasteiger partial charge >= 0.3 is 0 Å². The Morgan fingerprint density at radius 1 is 0.972 bits per heavy atom. The maximum Gasteiger partial charge on any atom is 0.262 e. The second kappa shape index (κ2) is 13.3. The molecule has 1 unspecified atom stereocenters. The normalized spacial score (nSPS) is 11.8. The van der Waals surface area contributed by atoms with Gasteiger partial charge in [0.25, 0.3) is 11.8 Å². The highest BCUT2D eigenvalue weighted by molar-refractivity contribution is 6.31. The summed E-state index contributed by atoms with van der Waals surface area (Å²) in [5.74, 6) is 0.265. The van der Waals surface area contributed by atoms with Gasteiger partial charge in [-0.15, -0.1) is 0 Å². The van der Waals surface area contributed by atoms with Gasteiger partial charge in [-0.25, -0.2) is 5.43 Å². The van der Waals surface area contributed by atoms with E-state index in [1.807, 2.05) is 51.1 Å². The Kier molecular flexibility index (Phi) is 9.89. The van der Waals surface area contributed by atoms with Gasteiger partial charge in [0.05, 0.1) is 12.8 Å². The Balaban J connectivity index is 1.64. The van der Waals surface area contributed by atoms with Crippen LogP contribution >= 0.6 is 11.6 Å². The van der Waals surface area contributed by atoms with Gasteiger partial charge in [0, 0.05) is 16.1 Å². The molecule has 3 aromatic carbocycles. The monoisotopic (exact) mass is 507 g/mol. The molecule has 36 heavy (non-hydrogen) atoms. The maximum absolute atomic E-state index is 12.7. The fraction of sp³-hybridized carbons (Fsp3) is 0.250. The highest BCUT2D eigenvalue weighted by atomic mass is 35.5. The largest absolute Gasteiger partial charge is 0.490 e. The van der Waals surface area contributed by atoms with E-state index in [0.717, 1.165) is 5.56 Å². The summed E-state index contributed by atoms with van der Waals surface area (Å²) in [4.78, 5) is 25.2. The first kappa shape index (κ1) is 26.8. The number of hydrogen-bond acceptors (Lipinski definition) is 5. The average Bonchev–Trinajstić information content (AvgIpc) is 2.88. The van der Waals surface area contributed by atoms with Crippen LogP contribution in [0.25, 0.3) is 0 Å². The molecule has 0 bridgehead atoms. The zero-order valence-electron chi connectivity index (χ0n) is 20.5. The number of hydrazone groups is 1. The second-order valence-electron chi connectivity index (χ2n) is 8.31. The van der Waals surface area contributed by atoms with Gasteiger partial charge in [0.1, 0.15) is 12.6 Å². The molecule has 0 aliphatic carbocycles. The minimum atomic E-state index is -0.741.